The molecule has 136 valence electrons. The smallest absolute Gasteiger partial charge is 0.225 e. The minimum Gasteiger partial charge on any atom is -0.493 e. The highest BCUT2D eigenvalue weighted by Crippen LogP contribution is 2.39. The van der Waals surface area contributed by atoms with Crippen molar-refractivity contribution in [1.82, 2.24) is 0 Å². The van der Waals surface area contributed by atoms with E-state index < -0.39 is 5.82 Å². The van der Waals surface area contributed by atoms with E-state index in [1.165, 1.54) is 32.8 Å². The van der Waals surface area contributed by atoms with E-state index in [1.807, 2.05) is 0 Å². The number of ether oxygens (including phenoxy) is 2. The van der Waals surface area contributed by atoms with Crippen LogP contribution in [0.3, 0.4) is 0 Å². The summed E-state index contributed by atoms with van der Waals surface area (Å²) in [6.45, 7) is 0.481. The summed E-state index contributed by atoms with van der Waals surface area (Å²) in [5.74, 6) is -0.117. The molecule has 1 aliphatic carbocycles. The van der Waals surface area contributed by atoms with E-state index in [0.717, 1.165) is 25.7 Å². The Bertz CT molecular complexity index is 563. The summed E-state index contributed by atoms with van der Waals surface area (Å²) in [5.41, 5.74) is 5.84. The summed E-state index contributed by atoms with van der Waals surface area (Å²) in [5, 5.41) is 2.64. The SMILES string of the molecule is COc1cc(F)c(NC(=O)CC2(CN)CCCCC2)cc1OC.Cl. The van der Waals surface area contributed by atoms with Crippen LogP contribution in [0.5, 0.6) is 11.5 Å². The zero-order valence-corrected chi connectivity index (χ0v) is 15.0. The first-order chi connectivity index (χ1) is 11.0. The van der Waals surface area contributed by atoms with Crippen LogP contribution in [0.2, 0.25) is 0 Å². The molecule has 0 bridgehead atoms. The van der Waals surface area contributed by atoms with E-state index in [1.54, 1.807) is 0 Å². The topological polar surface area (TPSA) is 73.6 Å². The van der Waals surface area contributed by atoms with Gasteiger partial charge in [0.1, 0.15) is 0 Å². The molecular formula is C17H26ClFN2O3. The molecular weight excluding hydrogens is 335 g/mol. The van der Waals surface area contributed by atoms with Gasteiger partial charge in [-0.1, -0.05) is 19.3 Å². The van der Waals surface area contributed by atoms with Crippen LogP contribution in [0.25, 0.3) is 0 Å². The second-order valence-corrected chi connectivity index (χ2v) is 6.18. The third kappa shape index (κ3) is 4.74. The molecule has 1 aromatic rings. The molecule has 0 spiro atoms. The average Bonchev–Trinajstić information content (AvgIpc) is 2.57. The van der Waals surface area contributed by atoms with Gasteiger partial charge in [0.2, 0.25) is 5.91 Å². The molecule has 0 heterocycles. The van der Waals surface area contributed by atoms with Gasteiger partial charge in [-0.3, -0.25) is 4.79 Å². The Hall–Kier alpha value is -1.53. The average molecular weight is 361 g/mol. The van der Waals surface area contributed by atoms with Gasteiger partial charge in [-0.2, -0.15) is 0 Å². The van der Waals surface area contributed by atoms with Crippen molar-refractivity contribution in [3.63, 3.8) is 0 Å². The number of hydrogen-bond acceptors (Lipinski definition) is 4. The van der Waals surface area contributed by atoms with Crippen molar-refractivity contribution in [2.24, 2.45) is 11.1 Å². The number of hydrogen-bond donors (Lipinski definition) is 2. The number of amides is 1. The number of nitrogens with two attached hydrogens (primary N) is 1. The number of carbonyl (C=O) groups excluding carboxylic acids is 1. The summed E-state index contributed by atoms with van der Waals surface area (Å²) < 4.78 is 24.3. The molecule has 2 rings (SSSR count). The van der Waals surface area contributed by atoms with Crippen LogP contribution >= 0.6 is 12.4 Å². The van der Waals surface area contributed by atoms with Crippen LogP contribution in [0.1, 0.15) is 38.5 Å². The Kier molecular flexibility index (Phi) is 7.76. The largest absolute Gasteiger partial charge is 0.493 e. The molecule has 3 N–H and O–H groups in total. The molecule has 0 aliphatic heterocycles. The second kappa shape index (κ2) is 9.08. The fraction of sp³-hybridized carbons (Fsp3) is 0.588. The molecule has 0 unspecified atom stereocenters. The van der Waals surface area contributed by atoms with Crippen molar-refractivity contribution < 1.29 is 18.7 Å². The van der Waals surface area contributed by atoms with Gasteiger partial charge in [0.05, 0.1) is 19.9 Å². The van der Waals surface area contributed by atoms with Gasteiger partial charge in [0, 0.05) is 18.6 Å². The zero-order chi connectivity index (χ0) is 16.9. The van der Waals surface area contributed by atoms with Crippen molar-refractivity contribution in [2.45, 2.75) is 38.5 Å². The van der Waals surface area contributed by atoms with Crippen molar-refractivity contribution in [2.75, 3.05) is 26.1 Å². The molecule has 0 radical (unpaired) electrons. The molecule has 0 saturated heterocycles. The summed E-state index contributed by atoms with van der Waals surface area (Å²) in [6, 6.07) is 2.63. The maximum absolute atomic E-state index is 14.1. The minimum absolute atomic E-state index is 0. The van der Waals surface area contributed by atoms with Crippen LogP contribution in [0.4, 0.5) is 10.1 Å². The molecule has 1 aliphatic rings. The standard InChI is InChI=1S/C17H25FN2O3.ClH/c1-22-14-8-12(18)13(9-15(14)23-2)20-16(21)10-17(11-19)6-4-3-5-7-17;/h8-9H,3-7,10-11,19H2,1-2H3,(H,20,21);1H. The number of halogens is 2. The van der Waals surface area contributed by atoms with Gasteiger partial charge in [-0.25, -0.2) is 4.39 Å². The highest BCUT2D eigenvalue weighted by Gasteiger charge is 2.33. The monoisotopic (exact) mass is 360 g/mol. The quantitative estimate of drug-likeness (QED) is 0.814. The number of methoxy groups -OCH3 is 2. The van der Waals surface area contributed by atoms with Gasteiger partial charge < -0.3 is 20.5 Å². The Morgan fingerprint density at radius 2 is 1.79 bits per heavy atom. The highest BCUT2D eigenvalue weighted by molar-refractivity contribution is 5.91. The van der Waals surface area contributed by atoms with Crippen molar-refractivity contribution in [3.05, 3.63) is 17.9 Å². The lowest BCUT2D eigenvalue weighted by molar-refractivity contribution is -0.118. The van der Waals surface area contributed by atoms with Gasteiger partial charge in [0.25, 0.3) is 0 Å². The van der Waals surface area contributed by atoms with E-state index in [9.17, 15) is 9.18 Å². The lowest BCUT2D eigenvalue weighted by Crippen LogP contribution is -2.36. The first-order valence-corrected chi connectivity index (χ1v) is 7.95. The lowest BCUT2D eigenvalue weighted by atomic mass is 9.71. The van der Waals surface area contributed by atoms with Crippen molar-refractivity contribution in [1.29, 1.82) is 0 Å². The van der Waals surface area contributed by atoms with Gasteiger partial charge in [-0.15, -0.1) is 12.4 Å². The van der Waals surface area contributed by atoms with Crippen LogP contribution < -0.4 is 20.5 Å². The number of benzene rings is 1. The van der Waals surface area contributed by atoms with Crippen molar-refractivity contribution >= 4 is 24.0 Å². The van der Waals surface area contributed by atoms with Gasteiger partial charge in [-0.05, 0) is 24.8 Å². The van der Waals surface area contributed by atoms with Gasteiger partial charge >= 0.3 is 0 Å². The highest BCUT2D eigenvalue weighted by atomic mass is 35.5. The van der Waals surface area contributed by atoms with Gasteiger partial charge in [0.15, 0.2) is 17.3 Å². The molecule has 1 fully saturated rings. The normalized spacial score (nSPS) is 16.0. The summed E-state index contributed by atoms with van der Waals surface area (Å²) in [4.78, 5) is 12.3. The maximum Gasteiger partial charge on any atom is 0.225 e. The first kappa shape index (κ1) is 20.5. The van der Waals surface area contributed by atoms with Crippen molar-refractivity contribution in [3.8, 4) is 11.5 Å². The van der Waals surface area contributed by atoms with E-state index in [0.29, 0.717) is 18.7 Å². The maximum atomic E-state index is 14.1. The van der Waals surface area contributed by atoms with Crippen LogP contribution in [-0.4, -0.2) is 26.7 Å². The van der Waals surface area contributed by atoms with E-state index in [4.69, 9.17) is 15.2 Å². The lowest BCUT2D eigenvalue weighted by Gasteiger charge is -2.35. The number of carbonyl (C=O) groups is 1. The molecule has 0 aromatic heterocycles. The fourth-order valence-corrected chi connectivity index (χ4v) is 3.24. The zero-order valence-electron chi connectivity index (χ0n) is 14.2. The summed E-state index contributed by atoms with van der Waals surface area (Å²) >= 11 is 0. The Labute approximate surface area is 148 Å². The molecule has 1 saturated carbocycles. The molecule has 1 amide bonds. The molecule has 7 heteroatoms. The predicted molar refractivity (Wildman–Crippen MR) is 94.6 cm³/mol. The van der Waals surface area contributed by atoms with E-state index in [-0.39, 0.29) is 35.2 Å². The number of anilines is 1. The summed E-state index contributed by atoms with van der Waals surface area (Å²) in [7, 11) is 2.90. The van der Waals surface area contributed by atoms with Crippen LogP contribution in [0, 0.1) is 11.2 Å². The van der Waals surface area contributed by atoms with E-state index >= 15 is 0 Å². The fourth-order valence-electron chi connectivity index (χ4n) is 3.24. The molecule has 5 nitrogen and oxygen atoms in total. The van der Waals surface area contributed by atoms with Crippen LogP contribution in [-0.2, 0) is 4.79 Å². The number of nitrogens with one attached hydrogen (secondary N) is 1. The second-order valence-electron chi connectivity index (χ2n) is 6.18. The molecule has 1 aromatic carbocycles. The third-order valence-corrected chi connectivity index (χ3v) is 4.63. The molecule has 0 atom stereocenters. The van der Waals surface area contributed by atoms with E-state index in [2.05, 4.69) is 5.32 Å². The third-order valence-electron chi connectivity index (χ3n) is 4.63. The predicted octanol–water partition coefficient (Wildman–Crippen LogP) is 3.50. The Morgan fingerprint density at radius 3 is 2.33 bits per heavy atom. The minimum atomic E-state index is -0.554. The number of rotatable bonds is 6. The Balaban J connectivity index is 0.00000288. The Morgan fingerprint density at radius 1 is 1.21 bits per heavy atom. The first-order valence-electron chi connectivity index (χ1n) is 7.95. The summed E-state index contributed by atoms with van der Waals surface area (Å²) in [6.07, 6.45) is 5.59. The molecule has 24 heavy (non-hydrogen) atoms. The van der Waals surface area contributed by atoms with Crippen LogP contribution in [0.15, 0.2) is 12.1 Å².